The highest BCUT2D eigenvalue weighted by Crippen LogP contribution is 2.18. The average Bonchev–Trinajstić information content (AvgIpc) is 2.18. The van der Waals surface area contributed by atoms with E-state index < -0.39 is 0 Å². The van der Waals surface area contributed by atoms with Gasteiger partial charge in [0.25, 0.3) is 0 Å². The van der Waals surface area contributed by atoms with Crippen molar-refractivity contribution in [3.05, 3.63) is 41.0 Å². The maximum Gasteiger partial charge on any atom is 0.127 e. The molecule has 0 aliphatic heterocycles. The summed E-state index contributed by atoms with van der Waals surface area (Å²) in [6, 6.07) is 5.74. The Labute approximate surface area is 90.4 Å². The van der Waals surface area contributed by atoms with Crippen LogP contribution in [0.2, 0.25) is 0 Å². The van der Waals surface area contributed by atoms with Crippen molar-refractivity contribution in [1.29, 1.82) is 0 Å². The molecule has 0 saturated carbocycles. The molecule has 0 bridgehead atoms. The van der Waals surface area contributed by atoms with E-state index in [2.05, 4.69) is 30.9 Å². The molecule has 70 valence electrons. The number of hydrogen-bond acceptors (Lipinski definition) is 3. The predicted octanol–water partition coefficient (Wildman–Crippen LogP) is 2.61. The van der Waals surface area contributed by atoms with Gasteiger partial charge in [-0.1, -0.05) is 0 Å². The van der Waals surface area contributed by atoms with E-state index in [0.29, 0.717) is 0 Å². The summed E-state index contributed by atoms with van der Waals surface area (Å²) < 4.78 is 0.795. The highest BCUT2D eigenvalue weighted by Gasteiger charge is 2.01. The number of pyridine rings is 1. The molecule has 0 aromatic carbocycles. The topological polar surface area (TPSA) is 38.7 Å². The molecular weight excluding hydrogens is 242 g/mol. The summed E-state index contributed by atoms with van der Waals surface area (Å²) in [5, 5.41) is 0. The van der Waals surface area contributed by atoms with E-state index in [1.807, 2.05) is 25.1 Å². The van der Waals surface area contributed by atoms with Crippen LogP contribution in [0.1, 0.15) is 5.82 Å². The van der Waals surface area contributed by atoms with Crippen molar-refractivity contribution >= 4 is 15.9 Å². The van der Waals surface area contributed by atoms with Crippen LogP contribution in [0.15, 0.2) is 35.2 Å². The van der Waals surface area contributed by atoms with Crippen LogP contribution in [0.4, 0.5) is 0 Å². The van der Waals surface area contributed by atoms with Gasteiger partial charge in [-0.15, -0.1) is 0 Å². The fraction of sp³-hybridized carbons (Fsp3) is 0.100. The number of halogens is 1. The summed E-state index contributed by atoms with van der Waals surface area (Å²) in [6.45, 7) is 1.87. The Morgan fingerprint density at radius 2 is 2.14 bits per heavy atom. The molecule has 2 heterocycles. The van der Waals surface area contributed by atoms with E-state index in [0.717, 1.165) is 21.7 Å². The Kier molecular flexibility index (Phi) is 2.54. The summed E-state index contributed by atoms with van der Waals surface area (Å²) in [7, 11) is 0. The fourth-order valence-electron chi connectivity index (χ4n) is 1.19. The molecule has 0 amide bonds. The Balaban J connectivity index is 2.52. The van der Waals surface area contributed by atoms with Crippen LogP contribution in [0.25, 0.3) is 11.3 Å². The van der Waals surface area contributed by atoms with Gasteiger partial charge in [-0.05, 0) is 41.1 Å². The molecule has 4 heteroatoms. The first-order valence-electron chi connectivity index (χ1n) is 4.17. The molecule has 0 unspecified atom stereocenters. The first-order chi connectivity index (χ1) is 6.75. The lowest BCUT2D eigenvalue weighted by molar-refractivity contribution is 1.04. The molecule has 0 aliphatic rings. The van der Waals surface area contributed by atoms with Gasteiger partial charge in [-0.25, -0.2) is 9.97 Å². The van der Waals surface area contributed by atoms with Crippen LogP contribution in [-0.2, 0) is 0 Å². The first-order valence-corrected chi connectivity index (χ1v) is 4.96. The summed E-state index contributed by atoms with van der Waals surface area (Å²) >= 11 is 3.34. The van der Waals surface area contributed by atoms with Crippen molar-refractivity contribution in [2.75, 3.05) is 0 Å². The summed E-state index contributed by atoms with van der Waals surface area (Å²) in [5.74, 6) is 0.748. The Bertz CT molecular complexity index is 422. The number of aryl methyl sites for hydroxylation is 1. The molecular formula is C10H8BrN3. The van der Waals surface area contributed by atoms with Gasteiger partial charge < -0.3 is 0 Å². The van der Waals surface area contributed by atoms with Crippen LogP contribution >= 0.6 is 15.9 Å². The fourth-order valence-corrected chi connectivity index (χ4v) is 1.67. The van der Waals surface area contributed by atoms with Gasteiger partial charge in [0.15, 0.2) is 0 Å². The van der Waals surface area contributed by atoms with Crippen LogP contribution in [0, 0.1) is 6.92 Å². The molecule has 14 heavy (non-hydrogen) atoms. The van der Waals surface area contributed by atoms with Gasteiger partial charge >= 0.3 is 0 Å². The molecule has 0 atom stereocenters. The number of nitrogens with zero attached hydrogens (tertiary/aromatic N) is 3. The standard InChI is InChI=1S/C10H8BrN3/c1-7-13-9(5-10(11)14-7)8-3-2-4-12-6-8/h2-6H,1H3. The number of hydrogen-bond donors (Lipinski definition) is 0. The maximum absolute atomic E-state index is 4.32. The van der Waals surface area contributed by atoms with Gasteiger partial charge in [0.1, 0.15) is 10.4 Å². The zero-order chi connectivity index (χ0) is 9.97. The number of rotatable bonds is 1. The van der Waals surface area contributed by atoms with Crippen molar-refractivity contribution in [3.8, 4) is 11.3 Å². The first kappa shape index (κ1) is 9.27. The monoisotopic (exact) mass is 249 g/mol. The molecule has 2 aromatic rings. The molecule has 0 spiro atoms. The minimum Gasteiger partial charge on any atom is -0.264 e. The Hall–Kier alpha value is -1.29. The van der Waals surface area contributed by atoms with Crippen molar-refractivity contribution in [2.24, 2.45) is 0 Å². The van der Waals surface area contributed by atoms with Gasteiger partial charge in [-0.3, -0.25) is 4.98 Å². The normalized spacial score (nSPS) is 10.1. The highest BCUT2D eigenvalue weighted by atomic mass is 79.9. The minimum atomic E-state index is 0.748. The third-order valence-electron chi connectivity index (χ3n) is 1.76. The largest absolute Gasteiger partial charge is 0.264 e. The van der Waals surface area contributed by atoms with Gasteiger partial charge in [0, 0.05) is 18.0 Å². The lowest BCUT2D eigenvalue weighted by atomic mass is 10.2. The maximum atomic E-state index is 4.32. The van der Waals surface area contributed by atoms with Gasteiger partial charge in [0.2, 0.25) is 0 Å². The summed E-state index contributed by atoms with van der Waals surface area (Å²) in [4.78, 5) is 12.5. The molecule has 3 nitrogen and oxygen atoms in total. The third kappa shape index (κ3) is 1.96. The zero-order valence-corrected chi connectivity index (χ0v) is 9.19. The smallest absolute Gasteiger partial charge is 0.127 e. The van der Waals surface area contributed by atoms with Crippen molar-refractivity contribution < 1.29 is 0 Å². The van der Waals surface area contributed by atoms with E-state index in [9.17, 15) is 0 Å². The van der Waals surface area contributed by atoms with E-state index >= 15 is 0 Å². The predicted molar refractivity (Wildman–Crippen MR) is 57.7 cm³/mol. The van der Waals surface area contributed by atoms with E-state index in [1.54, 1.807) is 12.4 Å². The molecule has 0 aliphatic carbocycles. The lowest BCUT2D eigenvalue weighted by Gasteiger charge is -2.01. The van der Waals surface area contributed by atoms with Crippen LogP contribution in [0.3, 0.4) is 0 Å². The molecule has 2 rings (SSSR count). The second kappa shape index (κ2) is 3.84. The van der Waals surface area contributed by atoms with E-state index in [4.69, 9.17) is 0 Å². The SMILES string of the molecule is Cc1nc(Br)cc(-c2cccnc2)n1. The summed E-state index contributed by atoms with van der Waals surface area (Å²) in [5.41, 5.74) is 1.89. The molecule has 0 N–H and O–H groups in total. The van der Waals surface area contributed by atoms with Gasteiger partial charge in [0.05, 0.1) is 5.69 Å². The third-order valence-corrected chi connectivity index (χ3v) is 2.17. The van der Waals surface area contributed by atoms with Crippen LogP contribution in [0.5, 0.6) is 0 Å². The quantitative estimate of drug-likeness (QED) is 0.730. The molecule has 0 saturated heterocycles. The van der Waals surface area contributed by atoms with Gasteiger partial charge in [-0.2, -0.15) is 0 Å². The summed E-state index contributed by atoms with van der Waals surface area (Å²) in [6.07, 6.45) is 3.53. The van der Waals surface area contributed by atoms with E-state index in [-0.39, 0.29) is 0 Å². The lowest BCUT2D eigenvalue weighted by Crippen LogP contribution is -1.91. The number of aromatic nitrogens is 3. The van der Waals surface area contributed by atoms with Crippen molar-refractivity contribution in [1.82, 2.24) is 15.0 Å². The zero-order valence-electron chi connectivity index (χ0n) is 7.61. The Morgan fingerprint density at radius 1 is 1.29 bits per heavy atom. The van der Waals surface area contributed by atoms with E-state index in [1.165, 1.54) is 0 Å². The second-order valence-electron chi connectivity index (χ2n) is 2.86. The Morgan fingerprint density at radius 3 is 2.79 bits per heavy atom. The van der Waals surface area contributed by atoms with Crippen molar-refractivity contribution in [3.63, 3.8) is 0 Å². The molecule has 0 radical (unpaired) electrons. The van der Waals surface area contributed by atoms with Crippen LogP contribution in [-0.4, -0.2) is 15.0 Å². The van der Waals surface area contributed by atoms with Crippen LogP contribution < -0.4 is 0 Å². The molecule has 0 fully saturated rings. The highest BCUT2D eigenvalue weighted by molar-refractivity contribution is 9.10. The minimum absolute atomic E-state index is 0.748. The average molecular weight is 250 g/mol. The molecule has 2 aromatic heterocycles. The second-order valence-corrected chi connectivity index (χ2v) is 3.68. The van der Waals surface area contributed by atoms with Crippen molar-refractivity contribution in [2.45, 2.75) is 6.92 Å².